The van der Waals surface area contributed by atoms with Crippen LogP contribution in [-0.4, -0.2) is 137 Å². The Hall–Kier alpha value is -1.62. The molecule has 0 spiro atoms. The number of aliphatic hydroxyl groups excluding tert-OH is 2. The van der Waals surface area contributed by atoms with Crippen molar-refractivity contribution in [3.8, 4) is 0 Å². The number of rotatable bonds is 8. The molecule has 11 unspecified atom stereocenters. The highest BCUT2D eigenvalue weighted by Crippen LogP contribution is 2.41. The van der Waals surface area contributed by atoms with Crippen molar-refractivity contribution in [2.75, 3.05) is 21.2 Å². The van der Waals surface area contributed by atoms with Gasteiger partial charge in [-0.1, -0.05) is 39.2 Å². The van der Waals surface area contributed by atoms with Crippen LogP contribution in [0.1, 0.15) is 108 Å². The van der Waals surface area contributed by atoms with E-state index in [9.17, 15) is 30.8 Å². The largest absolute Gasteiger partial charge is 0.459 e. The quantitative estimate of drug-likeness (QED) is 0.118. The zero-order chi connectivity index (χ0) is 40.2. The molecule has 0 aromatic carbocycles. The zero-order valence-corrected chi connectivity index (χ0v) is 34.3. The van der Waals surface area contributed by atoms with Gasteiger partial charge in [0, 0.05) is 30.4 Å². The standard InChI is InChI=1S/C38H70N4O11/c1-14-27-38(10,47)32(44)21(3)16-15-20(2)18-36(8,46)33(53-35-29(43)26(42(11)12)17-22(4)49-35)23(5)30(24(6)34(45)51-27)52-28-19-37(9,48-13)31(40-41-39)25(7)50-28/h20-33,35,43-44,46-47H,14-19H2,1-13H3/t20-,21-,22+,23-,24+,25-,26?,27+,28?,29?,30?,31?,32?,33?,35?,36?,37?,38?/m0/s1. The smallest absolute Gasteiger partial charge is 0.311 e. The Kier molecular flexibility index (Phi) is 16.0. The van der Waals surface area contributed by atoms with Crippen molar-refractivity contribution in [2.24, 2.45) is 28.8 Å². The average Bonchev–Trinajstić information content (AvgIpc) is 3.08. The minimum atomic E-state index is -1.75. The molecule has 3 aliphatic rings. The number of cyclic esters (lactones) is 1. The third kappa shape index (κ3) is 10.6. The van der Waals surface area contributed by atoms with Gasteiger partial charge in [-0.3, -0.25) is 4.79 Å². The Bertz CT molecular complexity index is 1230. The molecule has 15 nitrogen and oxygen atoms in total. The minimum absolute atomic E-state index is 0.0575. The van der Waals surface area contributed by atoms with Gasteiger partial charge in [0.2, 0.25) is 0 Å². The van der Waals surface area contributed by atoms with E-state index in [-0.39, 0.29) is 43.2 Å². The van der Waals surface area contributed by atoms with E-state index in [2.05, 4.69) is 10.0 Å². The number of aliphatic hydroxyl groups is 4. The zero-order valence-electron chi connectivity index (χ0n) is 34.3. The number of hydrogen-bond acceptors (Lipinski definition) is 13. The molecule has 3 fully saturated rings. The molecule has 0 bridgehead atoms. The molecular weight excluding hydrogens is 688 g/mol. The second kappa shape index (κ2) is 18.5. The highest BCUT2D eigenvalue weighted by Gasteiger charge is 2.52. The fourth-order valence-corrected chi connectivity index (χ4v) is 8.94. The molecule has 3 saturated heterocycles. The molecule has 18 atom stereocenters. The lowest BCUT2D eigenvalue weighted by Gasteiger charge is -2.49. The fourth-order valence-electron chi connectivity index (χ4n) is 8.94. The van der Waals surface area contributed by atoms with Gasteiger partial charge in [0.1, 0.15) is 17.8 Å². The molecule has 0 aromatic heterocycles. The summed E-state index contributed by atoms with van der Waals surface area (Å²) in [5.41, 5.74) is 5.02. The van der Waals surface area contributed by atoms with Gasteiger partial charge in [-0.2, -0.15) is 0 Å². The summed E-state index contributed by atoms with van der Waals surface area (Å²) in [6.07, 6.45) is -5.87. The molecule has 3 heterocycles. The summed E-state index contributed by atoms with van der Waals surface area (Å²) in [5, 5.41) is 51.0. The highest BCUT2D eigenvalue weighted by molar-refractivity contribution is 5.73. The minimum Gasteiger partial charge on any atom is -0.459 e. The van der Waals surface area contributed by atoms with Crippen molar-refractivity contribution in [3.63, 3.8) is 0 Å². The lowest BCUT2D eigenvalue weighted by molar-refractivity contribution is -0.311. The van der Waals surface area contributed by atoms with Crippen LogP contribution in [0.15, 0.2) is 5.11 Å². The van der Waals surface area contributed by atoms with E-state index in [1.165, 1.54) is 14.0 Å². The van der Waals surface area contributed by atoms with Crippen LogP contribution in [0, 0.1) is 23.7 Å². The van der Waals surface area contributed by atoms with Crippen LogP contribution >= 0.6 is 0 Å². The Morgan fingerprint density at radius 1 is 1.00 bits per heavy atom. The van der Waals surface area contributed by atoms with E-state index >= 15 is 0 Å². The summed E-state index contributed by atoms with van der Waals surface area (Å²) >= 11 is 0. The molecule has 3 rings (SSSR count). The van der Waals surface area contributed by atoms with Crippen molar-refractivity contribution in [2.45, 2.75) is 192 Å². The third-order valence-electron chi connectivity index (χ3n) is 12.3. The van der Waals surface area contributed by atoms with E-state index in [0.717, 1.165) is 0 Å². The first kappa shape index (κ1) is 45.8. The maximum absolute atomic E-state index is 14.2. The fraction of sp³-hybridized carbons (Fsp3) is 0.974. The summed E-state index contributed by atoms with van der Waals surface area (Å²) in [7, 11) is 5.29. The number of ether oxygens (including phenoxy) is 6. The van der Waals surface area contributed by atoms with Crippen LogP contribution in [0.4, 0.5) is 0 Å². The van der Waals surface area contributed by atoms with Crippen LogP contribution in [0.3, 0.4) is 0 Å². The van der Waals surface area contributed by atoms with Crippen LogP contribution in [-0.2, 0) is 33.2 Å². The van der Waals surface area contributed by atoms with E-state index < -0.39 is 89.9 Å². The van der Waals surface area contributed by atoms with Gasteiger partial charge in [0.25, 0.3) is 0 Å². The number of esters is 1. The first-order valence-electron chi connectivity index (χ1n) is 19.4. The van der Waals surface area contributed by atoms with Gasteiger partial charge in [-0.25, -0.2) is 0 Å². The first-order chi connectivity index (χ1) is 24.5. The van der Waals surface area contributed by atoms with E-state index in [4.69, 9.17) is 28.4 Å². The lowest BCUT2D eigenvalue weighted by Crippen LogP contribution is -2.60. The maximum Gasteiger partial charge on any atom is 0.311 e. The molecule has 0 radical (unpaired) electrons. The van der Waals surface area contributed by atoms with Crippen LogP contribution in [0.5, 0.6) is 0 Å². The molecule has 308 valence electrons. The Morgan fingerprint density at radius 3 is 2.21 bits per heavy atom. The van der Waals surface area contributed by atoms with E-state index in [0.29, 0.717) is 19.3 Å². The van der Waals surface area contributed by atoms with Crippen molar-refractivity contribution < 1.29 is 53.6 Å². The van der Waals surface area contributed by atoms with Gasteiger partial charge in [0.15, 0.2) is 12.6 Å². The van der Waals surface area contributed by atoms with Gasteiger partial charge >= 0.3 is 5.97 Å². The normalized spacial score (nSPS) is 48.3. The molecule has 0 saturated carbocycles. The number of carbonyl (C=O) groups excluding carboxylic acids is 1. The highest BCUT2D eigenvalue weighted by atomic mass is 16.7. The predicted octanol–water partition coefficient (Wildman–Crippen LogP) is 4.31. The van der Waals surface area contributed by atoms with Gasteiger partial charge < -0.3 is 53.7 Å². The van der Waals surface area contributed by atoms with Crippen LogP contribution < -0.4 is 0 Å². The lowest BCUT2D eigenvalue weighted by atomic mass is 9.76. The van der Waals surface area contributed by atoms with Crippen LogP contribution in [0.25, 0.3) is 10.4 Å². The van der Waals surface area contributed by atoms with Crippen molar-refractivity contribution in [1.29, 1.82) is 0 Å². The Labute approximate surface area is 316 Å². The van der Waals surface area contributed by atoms with Crippen molar-refractivity contribution >= 4 is 5.97 Å². The summed E-state index contributed by atoms with van der Waals surface area (Å²) < 4.78 is 37.8. The summed E-state index contributed by atoms with van der Waals surface area (Å²) in [4.78, 5) is 19.1. The third-order valence-corrected chi connectivity index (χ3v) is 12.3. The van der Waals surface area contributed by atoms with Crippen LogP contribution in [0.2, 0.25) is 0 Å². The van der Waals surface area contributed by atoms with Crippen molar-refractivity contribution in [3.05, 3.63) is 10.4 Å². The topological polar surface area (TPSA) is 205 Å². The van der Waals surface area contributed by atoms with Gasteiger partial charge in [-0.05, 0) is 98.7 Å². The Morgan fingerprint density at radius 2 is 1.64 bits per heavy atom. The predicted molar refractivity (Wildman–Crippen MR) is 197 cm³/mol. The summed E-state index contributed by atoms with van der Waals surface area (Å²) in [6, 6.07) is -0.938. The Balaban J connectivity index is 2.17. The SMILES string of the molecule is CC[C@H]1OC(=O)[C@H](C)C(OC2CC(C)(OC)C(N=[N+]=[N-])[C@H](C)O2)[C@H](C)C(OC2O[C@H](C)CC(N(C)C)C2O)C(C)(O)C[C@@H](C)CC[C@H](C)C(O)C1(C)O. The number of carbonyl (C=O) groups is 1. The summed E-state index contributed by atoms with van der Waals surface area (Å²) in [6.45, 7) is 17.8. The van der Waals surface area contributed by atoms with Gasteiger partial charge in [0.05, 0.1) is 53.7 Å². The molecule has 3 aliphatic heterocycles. The molecule has 53 heavy (non-hydrogen) atoms. The number of hydrogen-bond donors (Lipinski definition) is 4. The number of azide groups is 1. The molecule has 4 N–H and O–H groups in total. The van der Waals surface area contributed by atoms with E-state index in [1.54, 1.807) is 27.7 Å². The van der Waals surface area contributed by atoms with Gasteiger partial charge in [-0.15, -0.1) is 0 Å². The molecular formula is C38H70N4O11. The number of methoxy groups -OCH3 is 1. The molecule has 0 aromatic rings. The summed E-state index contributed by atoms with van der Waals surface area (Å²) in [5.74, 6) is -2.85. The van der Waals surface area contributed by atoms with E-state index in [1.807, 2.05) is 53.6 Å². The number of likely N-dealkylation sites (N-methyl/N-ethyl adjacent to an activating group) is 1. The first-order valence-corrected chi connectivity index (χ1v) is 19.4. The maximum atomic E-state index is 14.2. The van der Waals surface area contributed by atoms with Crippen molar-refractivity contribution in [1.82, 2.24) is 4.90 Å². The second-order valence-electron chi connectivity index (χ2n) is 17.2. The molecule has 15 heteroatoms. The monoisotopic (exact) mass is 759 g/mol. The molecule has 0 amide bonds. The molecule has 0 aliphatic carbocycles. The average molecular weight is 759 g/mol. The number of nitrogens with zero attached hydrogens (tertiary/aromatic N) is 4. The second-order valence-corrected chi connectivity index (χ2v) is 17.2.